The third-order valence-corrected chi connectivity index (χ3v) is 6.10. The van der Waals surface area contributed by atoms with Gasteiger partial charge in [0.05, 0.1) is 17.3 Å². The lowest BCUT2D eigenvalue weighted by Gasteiger charge is -2.01. The topological polar surface area (TPSA) is 56.7 Å². The zero-order chi connectivity index (χ0) is 19.7. The minimum Gasteiger partial charge on any atom is -0.493 e. The zero-order valence-electron chi connectivity index (χ0n) is 15.5. The van der Waals surface area contributed by atoms with Crippen molar-refractivity contribution in [3.63, 3.8) is 0 Å². The Balaban J connectivity index is 1.83. The van der Waals surface area contributed by atoms with Crippen LogP contribution in [-0.2, 0) is 6.54 Å². The lowest BCUT2D eigenvalue weighted by atomic mass is 10.2. The molecule has 2 heterocycles. The molecule has 0 N–H and O–H groups in total. The van der Waals surface area contributed by atoms with Gasteiger partial charge in [0.25, 0.3) is 0 Å². The number of furan rings is 1. The third kappa shape index (κ3) is 3.27. The Kier molecular flexibility index (Phi) is 5.11. The van der Waals surface area contributed by atoms with E-state index in [-0.39, 0.29) is 5.76 Å². The molecule has 0 radical (unpaired) electrons. The summed E-state index contributed by atoms with van der Waals surface area (Å²) in [6.45, 7) is 4.39. The fraction of sp³-hybridized carbons (Fsp3) is 0.143. The number of ether oxygens (including phenoxy) is 1. The first-order chi connectivity index (χ1) is 13.6. The summed E-state index contributed by atoms with van der Waals surface area (Å²) in [6, 6.07) is 13.5. The lowest BCUT2D eigenvalue weighted by Crippen LogP contribution is -2.16. The molecule has 0 unspecified atom stereocenters. The molecule has 2 aromatic heterocycles. The van der Waals surface area contributed by atoms with Crippen molar-refractivity contribution in [2.24, 2.45) is 4.99 Å². The second-order valence-electron chi connectivity index (χ2n) is 6.02. The normalized spacial score (nSPS) is 12.0. The average Bonchev–Trinajstić information content (AvgIpc) is 3.29. The summed E-state index contributed by atoms with van der Waals surface area (Å²) in [5, 5.41) is 0.804. The molecule has 4 rings (SSSR count). The van der Waals surface area contributed by atoms with E-state index < -0.39 is 5.91 Å². The Labute approximate surface area is 170 Å². The highest BCUT2D eigenvalue weighted by atomic mass is 32.2. The van der Waals surface area contributed by atoms with E-state index >= 15 is 0 Å². The van der Waals surface area contributed by atoms with Crippen molar-refractivity contribution in [2.45, 2.75) is 11.4 Å². The maximum absolute atomic E-state index is 12.8. The summed E-state index contributed by atoms with van der Waals surface area (Å²) < 4.78 is 14.1. The van der Waals surface area contributed by atoms with E-state index in [1.807, 2.05) is 23.0 Å². The number of hydrogen-bond acceptors (Lipinski definition) is 5. The number of rotatable bonds is 5. The molecule has 0 aliphatic rings. The number of fused-ring (bicyclic) bond motifs is 2. The quantitative estimate of drug-likeness (QED) is 0.339. The summed E-state index contributed by atoms with van der Waals surface area (Å²) in [5.74, 6) is 0.351. The van der Waals surface area contributed by atoms with Crippen LogP contribution in [0, 0.1) is 0 Å². The molecule has 0 aliphatic heterocycles. The van der Waals surface area contributed by atoms with Gasteiger partial charge < -0.3 is 13.7 Å². The van der Waals surface area contributed by atoms with E-state index in [9.17, 15) is 4.79 Å². The van der Waals surface area contributed by atoms with E-state index in [0.29, 0.717) is 22.7 Å². The summed E-state index contributed by atoms with van der Waals surface area (Å²) in [6.07, 6.45) is 3.83. The smallest absolute Gasteiger partial charge is 0.315 e. The number of allylic oxidation sites excluding steroid dienone is 1. The molecule has 4 aromatic rings. The zero-order valence-corrected chi connectivity index (χ0v) is 17.1. The molecule has 0 bridgehead atoms. The molecule has 0 saturated carbocycles. The second kappa shape index (κ2) is 7.69. The Morgan fingerprint density at radius 2 is 2.21 bits per heavy atom. The van der Waals surface area contributed by atoms with Crippen LogP contribution >= 0.6 is 23.1 Å². The van der Waals surface area contributed by atoms with Crippen molar-refractivity contribution < 1.29 is 13.9 Å². The van der Waals surface area contributed by atoms with Gasteiger partial charge in [0.15, 0.2) is 21.9 Å². The van der Waals surface area contributed by atoms with Gasteiger partial charge in [-0.15, -0.1) is 18.3 Å². The first-order valence-electron chi connectivity index (χ1n) is 8.58. The molecule has 142 valence electrons. The third-order valence-electron chi connectivity index (χ3n) is 4.34. The van der Waals surface area contributed by atoms with Gasteiger partial charge >= 0.3 is 5.91 Å². The van der Waals surface area contributed by atoms with Crippen LogP contribution in [0.3, 0.4) is 0 Å². The Morgan fingerprint density at radius 1 is 1.36 bits per heavy atom. The fourth-order valence-corrected chi connectivity index (χ4v) is 4.61. The Morgan fingerprint density at radius 3 is 2.96 bits per heavy atom. The Hall–Kier alpha value is -2.77. The van der Waals surface area contributed by atoms with Crippen molar-refractivity contribution >= 4 is 50.2 Å². The molecular formula is C21H18N2O3S2. The molecule has 0 fully saturated rings. The molecule has 5 nitrogen and oxygen atoms in total. The summed E-state index contributed by atoms with van der Waals surface area (Å²) in [7, 11) is 1.57. The van der Waals surface area contributed by atoms with Crippen LogP contribution in [0.4, 0.5) is 0 Å². The monoisotopic (exact) mass is 410 g/mol. The van der Waals surface area contributed by atoms with Gasteiger partial charge in [-0.1, -0.05) is 29.5 Å². The molecule has 0 saturated heterocycles. The minimum atomic E-state index is -0.423. The standard InChI is InChI=1S/C21H18N2O3S2/c1-4-10-23-15-9-8-14(27-3)12-18(15)28-21(23)22-20(24)17-11-13-6-5-7-16(25-2)19(13)26-17/h4-9,11-12H,1,10H2,2-3H3. The van der Waals surface area contributed by atoms with E-state index in [0.717, 1.165) is 15.6 Å². The van der Waals surface area contributed by atoms with Crippen LogP contribution in [0.25, 0.3) is 21.2 Å². The first kappa shape index (κ1) is 18.6. The van der Waals surface area contributed by atoms with Gasteiger partial charge in [0.1, 0.15) is 0 Å². The van der Waals surface area contributed by atoms with Crippen LogP contribution in [0.2, 0.25) is 0 Å². The first-order valence-corrected chi connectivity index (χ1v) is 10.6. The van der Waals surface area contributed by atoms with Crippen LogP contribution in [-0.4, -0.2) is 23.8 Å². The summed E-state index contributed by atoms with van der Waals surface area (Å²) in [5.41, 5.74) is 1.57. The predicted octanol–water partition coefficient (Wildman–Crippen LogP) is 5.11. The lowest BCUT2D eigenvalue weighted by molar-refractivity contribution is 0.0973. The predicted molar refractivity (Wildman–Crippen MR) is 114 cm³/mol. The van der Waals surface area contributed by atoms with E-state index in [1.54, 1.807) is 37.1 Å². The highest BCUT2D eigenvalue weighted by Crippen LogP contribution is 2.29. The highest BCUT2D eigenvalue weighted by Gasteiger charge is 2.15. The van der Waals surface area contributed by atoms with Crippen molar-refractivity contribution in [3.05, 3.63) is 65.7 Å². The van der Waals surface area contributed by atoms with Gasteiger partial charge in [0.2, 0.25) is 0 Å². The van der Waals surface area contributed by atoms with Crippen molar-refractivity contribution in [3.8, 4) is 5.75 Å². The van der Waals surface area contributed by atoms with Crippen molar-refractivity contribution in [1.29, 1.82) is 0 Å². The number of thiazole rings is 1. The number of amides is 1. The number of benzene rings is 2. The number of para-hydroxylation sites is 1. The number of methoxy groups -OCH3 is 1. The highest BCUT2D eigenvalue weighted by molar-refractivity contribution is 7.98. The largest absolute Gasteiger partial charge is 0.493 e. The molecule has 1 amide bonds. The van der Waals surface area contributed by atoms with Gasteiger partial charge in [-0.25, -0.2) is 0 Å². The minimum absolute atomic E-state index is 0.187. The Bertz CT molecular complexity index is 1260. The number of carbonyl (C=O) groups excluding carboxylic acids is 1. The molecule has 0 atom stereocenters. The van der Waals surface area contributed by atoms with Crippen LogP contribution < -0.4 is 9.54 Å². The van der Waals surface area contributed by atoms with E-state index in [1.165, 1.54) is 16.2 Å². The van der Waals surface area contributed by atoms with Crippen LogP contribution in [0.5, 0.6) is 5.75 Å². The molecular weight excluding hydrogens is 392 g/mol. The van der Waals surface area contributed by atoms with Gasteiger partial charge in [-0.05, 0) is 36.6 Å². The average molecular weight is 411 g/mol. The molecule has 0 aliphatic carbocycles. The number of thioether (sulfide) groups is 1. The molecule has 2 aromatic carbocycles. The number of hydrogen-bond donors (Lipinski definition) is 0. The number of aromatic nitrogens is 1. The van der Waals surface area contributed by atoms with E-state index in [4.69, 9.17) is 9.15 Å². The maximum atomic E-state index is 12.8. The van der Waals surface area contributed by atoms with Crippen molar-refractivity contribution in [2.75, 3.05) is 13.4 Å². The van der Waals surface area contributed by atoms with Gasteiger partial charge in [-0.2, -0.15) is 4.99 Å². The van der Waals surface area contributed by atoms with Gasteiger partial charge in [-0.3, -0.25) is 4.79 Å². The van der Waals surface area contributed by atoms with Crippen LogP contribution in [0.15, 0.2) is 69.4 Å². The second-order valence-corrected chi connectivity index (χ2v) is 7.91. The van der Waals surface area contributed by atoms with Gasteiger partial charge in [0, 0.05) is 16.8 Å². The molecule has 7 heteroatoms. The number of nitrogens with zero attached hydrogens (tertiary/aromatic N) is 2. The van der Waals surface area contributed by atoms with Crippen LogP contribution in [0.1, 0.15) is 10.6 Å². The fourth-order valence-electron chi connectivity index (χ4n) is 3.02. The maximum Gasteiger partial charge on any atom is 0.315 e. The van der Waals surface area contributed by atoms with Crippen molar-refractivity contribution in [1.82, 2.24) is 4.57 Å². The SMILES string of the molecule is C=CCn1c(=NC(=O)c2cc3cccc(OC)c3o2)sc2cc(SC)ccc21. The molecule has 0 spiro atoms. The molecule has 28 heavy (non-hydrogen) atoms. The van der Waals surface area contributed by atoms with E-state index in [2.05, 4.69) is 29.8 Å². The summed E-state index contributed by atoms with van der Waals surface area (Å²) in [4.78, 5) is 18.9. The summed E-state index contributed by atoms with van der Waals surface area (Å²) >= 11 is 3.16. The number of carbonyl (C=O) groups is 1.